The summed E-state index contributed by atoms with van der Waals surface area (Å²) in [6.07, 6.45) is 11.3. The van der Waals surface area contributed by atoms with E-state index < -0.39 is 33.8 Å². The molecule has 1 aliphatic rings. The van der Waals surface area contributed by atoms with Crippen molar-refractivity contribution in [3.8, 4) is 0 Å². The lowest BCUT2D eigenvalue weighted by Crippen LogP contribution is -2.54. The van der Waals surface area contributed by atoms with E-state index in [1.54, 1.807) is 0 Å². The first kappa shape index (κ1) is 35.4. The molecule has 220 valence electrons. The second kappa shape index (κ2) is 17.9. The summed E-state index contributed by atoms with van der Waals surface area (Å²) in [5, 5.41) is 0. The fourth-order valence-electron chi connectivity index (χ4n) is 6.31. The van der Waals surface area contributed by atoms with Crippen LogP contribution in [0, 0.1) is 0 Å². The molecule has 0 saturated heterocycles. The van der Waals surface area contributed by atoms with Gasteiger partial charge in [0, 0.05) is 57.0 Å². The van der Waals surface area contributed by atoms with Gasteiger partial charge in [0.1, 0.15) is 0 Å². The Labute approximate surface area is 233 Å². The standard InChI is InChI=1S/C27H60O6Si4/c1-10-28-34(7,25-36(9,30-12-3)31-13-4)23-19-20-24-37(32-14-5,33-15-6)26-35(8,29-11-2)27-21-17-16-18-22-27/h19-20,27H,10-18,21-26H2,1-9H3/b20-19-. The molecule has 2 atom stereocenters. The second-order valence-electron chi connectivity index (χ2n) is 11.0. The molecular weight excluding hydrogens is 533 g/mol. The van der Waals surface area contributed by atoms with Gasteiger partial charge in [0.15, 0.2) is 16.6 Å². The first-order valence-corrected chi connectivity index (χ1v) is 25.3. The third kappa shape index (κ3) is 12.2. The van der Waals surface area contributed by atoms with Crippen LogP contribution in [-0.4, -0.2) is 73.4 Å². The highest BCUT2D eigenvalue weighted by Crippen LogP contribution is 2.42. The Hall–Kier alpha value is 0.368. The van der Waals surface area contributed by atoms with E-state index >= 15 is 0 Å². The van der Waals surface area contributed by atoms with Crippen molar-refractivity contribution >= 4 is 33.8 Å². The summed E-state index contributed by atoms with van der Waals surface area (Å²) in [6.45, 7) is 23.9. The van der Waals surface area contributed by atoms with E-state index in [2.05, 4.69) is 73.3 Å². The maximum Gasteiger partial charge on any atom is 0.341 e. The molecule has 0 aromatic carbocycles. The van der Waals surface area contributed by atoms with Crippen molar-refractivity contribution in [1.82, 2.24) is 0 Å². The van der Waals surface area contributed by atoms with Crippen molar-refractivity contribution in [2.45, 2.75) is 122 Å². The largest absolute Gasteiger partial charge is 0.417 e. The predicted molar refractivity (Wildman–Crippen MR) is 166 cm³/mol. The normalized spacial score (nSPS) is 19.3. The molecule has 2 unspecified atom stereocenters. The topological polar surface area (TPSA) is 55.4 Å². The van der Waals surface area contributed by atoms with Gasteiger partial charge in [-0.1, -0.05) is 44.3 Å². The molecule has 0 amide bonds. The molecule has 1 rings (SSSR count). The highest BCUT2D eigenvalue weighted by atomic mass is 28.4. The fourth-order valence-corrected chi connectivity index (χ4v) is 28.0. The Morgan fingerprint density at radius 3 is 1.54 bits per heavy atom. The van der Waals surface area contributed by atoms with E-state index in [1.165, 1.54) is 32.1 Å². The van der Waals surface area contributed by atoms with E-state index in [4.69, 9.17) is 26.6 Å². The number of allylic oxidation sites excluding steroid dienone is 2. The molecule has 1 saturated carbocycles. The van der Waals surface area contributed by atoms with Crippen molar-refractivity contribution in [3.05, 3.63) is 12.2 Å². The molecule has 0 N–H and O–H groups in total. The van der Waals surface area contributed by atoms with Crippen LogP contribution >= 0.6 is 0 Å². The fraction of sp³-hybridized carbons (Fsp3) is 0.926. The minimum Gasteiger partial charge on any atom is -0.417 e. The molecule has 0 radical (unpaired) electrons. The molecule has 0 heterocycles. The quantitative estimate of drug-likeness (QED) is 0.1000. The van der Waals surface area contributed by atoms with Crippen molar-refractivity contribution < 1.29 is 26.6 Å². The number of hydrogen-bond acceptors (Lipinski definition) is 6. The van der Waals surface area contributed by atoms with E-state index in [1.807, 2.05) is 0 Å². The van der Waals surface area contributed by atoms with Crippen LogP contribution < -0.4 is 0 Å². The molecule has 0 spiro atoms. The van der Waals surface area contributed by atoms with Gasteiger partial charge in [-0.15, -0.1) is 0 Å². The molecule has 0 aromatic rings. The SMILES string of the molecule is CCO[Si](C)(C/C=C\C[Si](C[Si](C)(OCC)C1CCCCC1)(OCC)OCC)C[Si](C)(OCC)OCC. The minimum atomic E-state index is -2.46. The molecule has 37 heavy (non-hydrogen) atoms. The second-order valence-corrected chi connectivity index (χ2v) is 26.8. The van der Waals surface area contributed by atoms with E-state index in [0.717, 1.165) is 36.6 Å². The third-order valence-corrected chi connectivity index (χ3v) is 27.8. The third-order valence-electron chi connectivity index (χ3n) is 7.61. The van der Waals surface area contributed by atoms with Crippen molar-refractivity contribution in [3.63, 3.8) is 0 Å². The van der Waals surface area contributed by atoms with Crippen LogP contribution in [0.4, 0.5) is 0 Å². The van der Waals surface area contributed by atoms with Gasteiger partial charge in [0.25, 0.3) is 0 Å². The van der Waals surface area contributed by atoms with E-state index in [0.29, 0.717) is 32.0 Å². The van der Waals surface area contributed by atoms with Crippen LogP contribution in [0.15, 0.2) is 12.2 Å². The summed E-state index contributed by atoms with van der Waals surface area (Å²) < 4.78 is 38.6. The summed E-state index contributed by atoms with van der Waals surface area (Å²) in [7, 11) is -8.73. The highest BCUT2D eigenvalue weighted by Gasteiger charge is 2.50. The van der Waals surface area contributed by atoms with Gasteiger partial charge in [-0.3, -0.25) is 0 Å². The smallest absolute Gasteiger partial charge is 0.341 e. The van der Waals surface area contributed by atoms with Crippen LogP contribution in [0.3, 0.4) is 0 Å². The van der Waals surface area contributed by atoms with Crippen LogP contribution in [-0.2, 0) is 26.6 Å². The van der Waals surface area contributed by atoms with Gasteiger partial charge < -0.3 is 26.6 Å². The molecule has 10 heteroatoms. The Bertz CT molecular complexity index is 622. The first-order valence-electron chi connectivity index (χ1n) is 15.1. The van der Waals surface area contributed by atoms with Crippen LogP contribution in [0.2, 0.25) is 48.6 Å². The van der Waals surface area contributed by atoms with Crippen molar-refractivity contribution in [2.24, 2.45) is 0 Å². The Kier molecular flexibility index (Phi) is 17.2. The zero-order valence-electron chi connectivity index (χ0n) is 25.8. The van der Waals surface area contributed by atoms with Gasteiger partial charge in [-0.25, -0.2) is 0 Å². The Balaban J connectivity index is 3.09. The van der Waals surface area contributed by atoms with Crippen molar-refractivity contribution in [2.75, 3.05) is 39.6 Å². The summed E-state index contributed by atoms with van der Waals surface area (Å²) >= 11 is 0. The van der Waals surface area contributed by atoms with Crippen molar-refractivity contribution in [1.29, 1.82) is 0 Å². The van der Waals surface area contributed by atoms with Gasteiger partial charge >= 0.3 is 17.1 Å². The Morgan fingerprint density at radius 2 is 1.05 bits per heavy atom. The molecule has 0 aromatic heterocycles. The monoisotopic (exact) mass is 592 g/mol. The maximum atomic E-state index is 6.66. The molecule has 1 fully saturated rings. The Morgan fingerprint density at radius 1 is 0.568 bits per heavy atom. The lowest BCUT2D eigenvalue weighted by atomic mass is 10.0. The maximum absolute atomic E-state index is 6.66. The molecule has 0 bridgehead atoms. The summed E-state index contributed by atoms with van der Waals surface area (Å²) in [6, 6.07) is 1.83. The zero-order valence-corrected chi connectivity index (χ0v) is 29.8. The molecule has 1 aliphatic carbocycles. The van der Waals surface area contributed by atoms with Gasteiger partial charge in [-0.2, -0.15) is 0 Å². The van der Waals surface area contributed by atoms with Crippen LogP contribution in [0.25, 0.3) is 0 Å². The first-order chi connectivity index (χ1) is 17.6. The summed E-state index contributed by atoms with van der Waals surface area (Å²) in [5.41, 5.74) is 2.67. The van der Waals surface area contributed by atoms with Crippen LogP contribution in [0.1, 0.15) is 73.6 Å². The van der Waals surface area contributed by atoms with Gasteiger partial charge in [-0.05, 0) is 72.8 Å². The molecular formula is C27H60O6Si4. The lowest BCUT2D eigenvalue weighted by Gasteiger charge is -2.42. The van der Waals surface area contributed by atoms with E-state index in [9.17, 15) is 0 Å². The number of rotatable bonds is 21. The van der Waals surface area contributed by atoms with Gasteiger partial charge in [0.2, 0.25) is 0 Å². The summed E-state index contributed by atoms with van der Waals surface area (Å²) in [5.74, 6) is 0. The van der Waals surface area contributed by atoms with Gasteiger partial charge in [0.05, 0.1) is 0 Å². The molecule has 0 aliphatic heterocycles. The average molecular weight is 593 g/mol. The lowest BCUT2D eigenvalue weighted by molar-refractivity contribution is 0.185. The van der Waals surface area contributed by atoms with Crippen LogP contribution in [0.5, 0.6) is 0 Å². The van der Waals surface area contributed by atoms with E-state index in [-0.39, 0.29) is 0 Å². The highest BCUT2D eigenvalue weighted by molar-refractivity contribution is 6.90. The average Bonchev–Trinajstić information content (AvgIpc) is 2.83. The molecule has 6 nitrogen and oxygen atoms in total. The minimum absolute atomic E-state index is 0.690. The summed E-state index contributed by atoms with van der Waals surface area (Å²) in [4.78, 5) is 0. The number of hydrogen-bond donors (Lipinski definition) is 0. The zero-order chi connectivity index (χ0) is 27.8. The predicted octanol–water partition coefficient (Wildman–Crippen LogP) is 7.84.